The van der Waals surface area contributed by atoms with Crippen LogP contribution in [-0.4, -0.2) is 67.5 Å². The van der Waals surface area contributed by atoms with Gasteiger partial charge in [-0.25, -0.2) is 8.42 Å². The highest BCUT2D eigenvalue weighted by atomic mass is 32.2. The number of ether oxygens (including phenoxy) is 1. The fourth-order valence-corrected chi connectivity index (χ4v) is 5.73. The van der Waals surface area contributed by atoms with Crippen LogP contribution in [0.3, 0.4) is 0 Å². The van der Waals surface area contributed by atoms with Crippen LogP contribution in [0, 0.1) is 5.92 Å². The lowest BCUT2D eigenvalue weighted by molar-refractivity contribution is -0.140. The lowest BCUT2D eigenvalue weighted by Crippen LogP contribution is -2.49. The molecule has 8 heteroatoms. The Balaban J connectivity index is 1.54. The van der Waals surface area contributed by atoms with Crippen LogP contribution in [0.4, 0.5) is 0 Å². The van der Waals surface area contributed by atoms with Crippen molar-refractivity contribution in [3.05, 3.63) is 30.5 Å². The molecule has 1 atom stereocenters. The first-order valence-electron chi connectivity index (χ1n) is 9.96. The molecule has 2 fully saturated rings. The van der Waals surface area contributed by atoms with E-state index in [-0.39, 0.29) is 18.4 Å². The molecule has 152 valence electrons. The molecule has 0 N–H and O–H groups in total. The summed E-state index contributed by atoms with van der Waals surface area (Å²) in [6, 6.07) is 7.23. The van der Waals surface area contributed by atoms with Crippen molar-refractivity contribution in [3.63, 3.8) is 0 Å². The molecule has 1 aromatic carbocycles. The minimum absolute atomic E-state index is 0.0543. The summed E-state index contributed by atoms with van der Waals surface area (Å²) in [5.41, 5.74) is 1.03. The number of piperidine rings is 1. The topological polar surface area (TPSA) is 71.9 Å². The molecular weight excluding hydrogens is 378 g/mol. The third-order valence-electron chi connectivity index (χ3n) is 5.78. The standard InChI is InChI=1S/C20H27N3O4S/c1-2-21-9-7-16-14-18(5-6-19(16)21)28(25,26)23-8-3-4-17(15-23)20(24)22-10-12-27-13-11-22/h5-7,9,14,17H,2-4,8,10-13,15H2,1H3/t17-/m1/s1. The number of hydrogen-bond donors (Lipinski definition) is 0. The highest BCUT2D eigenvalue weighted by Gasteiger charge is 2.35. The van der Waals surface area contributed by atoms with E-state index < -0.39 is 10.0 Å². The van der Waals surface area contributed by atoms with Crippen LogP contribution < -0.4 is 0 Å². The van der Waals surface area contributed by atoms with Gasteiger partial charge in [0.1, 0.15) is 0 Å². The number of morpholine rings is 1. The van der Waals surface area contributed by atoms with Crippen molar-refractivity contribution in [1.29, 1.82) is 0 Å². The van der Waals surface area contributed by atoms with Crippen LogP contribution in [-0.2, 0) is 26.1 Å². The molecule has 2 saturated heterocycles. The number of sulfonamides is 1. The van der Waals surface area contributed by atoms with Crippen LogP contribution in [0.25, 0.3) is 10.9 Å². The van der Waals surface area contributed by atoms with Crippen molar-refractivity contribution in [2.75, 3.05) is 39.4 Å². The smallest absolute Gasteiger partial charge is 0.243 e. The second kappa shape index (κ2) is 7.85. The van der Waals surface area contributed by atoms with Gasteiger partial charge in [-0.05, 0) is 44.0 Å². The highest BCUT2D eigenvalue weighted by Crippen LogP contribution is 2.27. The van der Waals surface area contributed by atoms with E-state index in [1.54, 1.807) is 12.1 Å². The van der Waals surface area contributed by atoms with E-state index in [0.29, 0.717) is 44.2 Å². The van der Waals surface area contributed by atoms with E-state index in [0.717, 1.165) is 23.9 Å². The SMILES string of the molecule is CCn1ccc2cc(S(=O)(=O)N3CCC[C@@H](C(=O)N4CCOCC4)C3)ccc21. The average Bonchev–Trinajstić information content (AvgIpc) is 3.16. The van der Waals surface area contributed by atoms with Crippen LogP contribution >= 0.6 is 0 Å². The number of aromatic nitrogens is 1. The van der Waals surface area contributed by atoms with Gasteiger partial charge < -0.3 is 14.2 Å². The molecule has 0 aliphatic carbocycles. The van der Waals surface area contributed by atoms with Crippen molar-refractivity contribution >= 4 is 26.8 Å². The van der Waals surface area contributed by atoms with Crippen molar-refractivity contribution in [2.45, 2.75) is 31.2 Å². The zero-order valence-electron chi connectivity index (χ0n) is 16.2. The third kappa shape index (κ3) is 3.56. The second-order valence-corrected chi connectivity index (χ2v) is 9.40. The number of rotatable bonds is 4. The van der Waals surface area contributed by atoms with E-state index in [1.807, 2.05) is 23.2 Å². The molecule has 2 aliphatic heterocycles. The number of carbonyl (C=O) groups excluding carboxylic acids is 1. The van der Waals surface area contributed by atoms with E-state index in [1.165, 1.54) is 4.31 Å². The summed E-state index contributed by atoms with van der Waals surface area (Å²) in [6.07, 6.45) is 3.41. The molecule has 2 aliphatic rings. The summed E-state index contributed by atoms with van der Waals surface area (Å²) in [7, 11) is -3.62. The molecule has 0 spiro atoms. The summed E-state index contributed by atoms with van der Waals surface area (Å²) in [4.78, 5) is 14.9. The first-order chi connectivity index (χ1) is 13.5. The van der Waals surface area contributed by atoms with Gasteiger partial charge in [0.05, 0.1) is 24.0 Å². The molecule has 4 rings (SSSR count). The molecule has 1 aromatic heterocycles. The fourth-order valence-electron chi connectivity index (χ4n) is 4.17. The largest absolute Gasteiger partial charge is 0.378 e. The molecule has 28 heavy (non-hydrogen) atoms. The van der Waals surface area contributed by atoms with Gasteiger partial charge in [0, 0.05) is 49.8 Å². The Morgan fingerprint density at radius 2 is 1.96 bits per heavy atom. The Kier molecular flexibility index (Phi) is 5.44. The van der Waals surface area contributed by atoms with Gasteiger partial charge in [0.15, 0.2) is 0 Å². The number of nitrogens with zero attached hydrogens (tertiary/aromatic N) is 3. The van der Waals surface area contributed by atoms with Crippen molar-refractivity contribution in [2.24, 2.45) is 5.92 Å². The molecule has 0 unspecified atom stereocenters. The summed E-state index contributed by atoms with van der Waals surface area (Å²) in [5, 5.41) is 0.917. The molecule has 0 radical (unpaired) electrons. The molecule has 3 heterocycles. The monoisotopic (exact) mass is 405 g/mol. The quantitative estimate of drug-likeness (QED) is 0.779. The van der Waals surface area contributed by atoms with E-state index in [2.05, 4.69) is 11.5 Å². The summed E-state index contributed by atoms with van der Waals surface area (Å²) >= 11 is 0. The number of carbonyl (C=O) groups is 1. The minimum Gasteiger partial charge on any atom is -0.378 e. The maximum atomic E-state index is 13.2. The Bertz CT molecular complexity index is 963. The zero-order valence-corrected chi connectivity index (χ0v) is 17.0. The summed E-state index contributed by atoms with van der Waals surface area (Å²) in [5.74, 6) is -0.217. The maximum Gasteiger partial charge on any atom is 0.243 e. The predicted octanol–water partition coefficient (Wildman–Crippen LogP) is 1.92. The lowest BCUT2D eigenvalue weighted by atomic mass is 9.98. The fraction of sp³-hybridized carbons (Fsp3) is 0.550. The second-order valence-electron chi connectivity index (χ2n) is 7.46. The Morgan fingerprint density at radius 1 is 1.18 bits per heavy atom. The summed E-state index contributed by atoms with van der Waals surface area (Å²) < 4.78 is 35.3. The van der Waals surface area contributed by atoms with E-state index >= 15 is 0 Å². The molecular formula is C20H27N3O4S. The maximum absolute atomic E-state index is 13.2. The van der Waals surface area contributed by atoms with Crippen LogP contribution in [0.1, 0.15) is 19.8 Å². The minimum atomic E-state index is -3.62. The van der Waals surface area contributed by atoms with Gasteiger partial charge in [-0.1, -0.05) is 0 Å². The van der Waals surface area contributed by atoms with Gasteiger partial charge >= 0.3 is 0 Å². The van der Waals surface area contributed by atoms with Gasteiger partial charge in [-0.2, -0.15) is 4.31 Å². The van der Waals surface area contributed by atoms with E-state index in [4.69, 9.17) is 4.74 Å². The number of benzene rings is 1. The zero-order chi connectivity index (χ0) is 19.7. The normalized spacial score (nSPS) is 21.9. The molecule has 2 aromatic rings. The Hall–Kier alpha value is -1.90. The van der Waals surface area contributed by atoms with Crippen LogP contribution in [0.5, 0.6) is 0 Å². The van der Waals surface area contributed by atoms with E-state index in [9.17, 15) is 13.2 Å². The molecule has 0 bridgehead atoms. The van der Waals surface area contributed by atoms with Crippen LogP contribution in [0.2, 0.25) is 0 Å². The summed E-state index contributed by atoms with van der Waals surface area (Å²) in [6.45, 7) is 5.91. The first kappa shape index (κ1) is 19.4. The van der Waals surface area contributed by atoms with Gasteiger partial charge in [0.25, 0.3) is 0 Å². The molecule has 0 saturated carbocycles. The Labute approximate surface area is 165 Å². The van der Waals surface area contributed by atoms with Gasteiger partial charge in [-0.15, -0.1) is 0 Å². The van der Waals surface area contributed by atoms with Gasteiger partial charge in [0.2, 0.25) is 15.9 Å². The highest BCUT2D eigenvalue weighted by molar-refractivity contribution is 7.89. The average molecular weight is 406 g/mol. The van der Waals surface area contributed by atoms with Crippen molar-refractivity contribution < 1.29 is 17.9 Å². The lowest BCUT2D eigenvalue weighted by Gasteiger charge is -2.35. The van der Waals surface area contributed by atoms with Crippen molar-refractivity contribution in [1.82, 2.24) is 13.8 Å². The molecule has 1 amide bonds. The van der Waals surface area contributed by atoms with Gasteiger partial charge in [-0.3, -0.25) is 4.79 Å². The predicted molar refractivity (Wildman–Crippen MR) is 106 cm³/mol. The van der Waals surface area contributed by atoms with Crippen LogP contribution in [0.15, 0.2) is 35.4 Å². The number of aryl methyl sites for hydroxylation is 1. The molecule has 7 nitrogen and oxygen atoms in total. The Morgan fingerprint density at radius 3 is 2.71 bits per heavy atom. The third-order valence-corrected chi connectivity index (χ3v) is 7.64. The number of fused-ring (bicyclic) bond motifs is 1. The van der Waals surface area contributed by atoms with Crippen molar-refractivity contribution in [3.8, 4) is 0 Å². The number of hydrogen-bond acceptors (Lipinski definition) is 4. The number of amides is 1. The first-order valence-corrected chi connectivity index (χ1v) is 11.4.